The van der Waals surface area contributed by atoms with E-state index < -0.39 is 12.2 Å². The van der Waals surface area contributed by atoms with E-state index >= 15 is 0 Å². The number of aromatic amines is 1. The van der Waals surface area contributed by atoms with Gasteiger partial charge in [0.1, 0.15) is 6.10 Å². The van der Waals surface area contributed by atoms with Crippen molar-refractivity contribution in [3.05, 3.63) is 67.7 Å². The van der Waals surface area contributed by atoms with Crippen LogP contribution in [0.3, 0.4) is 0 Å². The maximum Gasteiger partial charge on any atom is 0.414 e. The highest BCUT2D eigenvalue weighted by Gasteiger charge is 2.33. The number of hydrogen-bond acceptors (Lipinski definition) is 8. The normalized spacial score (nSPS) is 15.1. The molecule has 4 rings (SSSR count). The molecule has 0 saturated carbocycles. The Labute approximate surface area is 222 Å². The average Bonchev–Trinajstić information content (AvgIpc) is 3.48. The Morgan fingerprint density at radius 1 is 1.22 bits per heavy atom. The van der Waals surface area contributed by atoms with E-state index in [1.807, 2.05) is 19.1 Å². The monoisotopic (exact) mass is 547 g/mol. The average molecular weight is 548 g/mol. The lowest BCUT2D eigenvalue weighted by Crippen LogP contribution is -2.34. The number of aromatic nitrogens is 1. The van der Waals surface area contributed by atoms with Crippen LogP contribution in [0.2, 0.25) is 4.34 Å². The zero-order valence-corrected chi connectivity index (χ0v) is 21.8. The first-order valence-corrected chi connectivity index (χ1v) is 12.6. The maximum atomic E-state index is 12.5. The number of carbonyl (C=O) groups excluding carboxylic acids is 2. The molecule has 0 unspecified atom stereocenters. The summed E-state index contributed by atoms with van der Waals surface area (Å²) >= 11 is 7.06. The van der Waals surface area contributed by atoms with Crippen LogP contribution in [0.25, 0.3) is 11.1 Å². The molecule has 2 amide bonds. The number of amides is 2. The number of pyridine rings is 1. The molecule has 3 heterocycles. The molecule has 196 valence electrons. The van der Waals surface area contributed by atoms with Crippen molar-refractivity contribution in [1.82, 2.24) is 10.3 Å². The molecule has 12 heteroatoms. The van der Waals surface area contributed by atoms with Crippen molar-refractivity contribution in [2.75, 3.05) is 45.1 Å². The number of ether oxygens (including phenoxy) is 4. The van der Waals surface area contributed by atoms with Crippen molar-refractivity contribution in [3.63, 3.8) is 0 Å². The summed E-state index contributed by atoms with van der Waals surface area (Å²) in [5.74, 6) is -0.134. The number of nitrogens with zero attached hydrogens (tertiary/aromatic N) is 1. The molecule has 0 aliphatic carbocycles. The van der Waals surface area contributed by atoms with Gasteiger partial charge in [0, 0.05) is 24.6 Å². The molecule has 1 saturated heterocycles. The first kappa shape index (κ1) is 26.7. The second kappa shape index (κ2) is 12.2. The Morgan fingerprint density at radius 3 is 2.78 bits per heavy atom. The Hall–Kier alpha value is -3.38. The summed E-state index contributed by atoms with van der Waals surface area (Å²) in [5, 5.41) is 2.77. The summed E-state index contributed by atoms with van der Waals surface area (Å²) in [7, 11) is 1.57. The minimum atomic E-state index is -0.502. The summed E-state index contributed by atoms with van der Waals surface area (Å²) in [6, 6.07) is 10.5. The summed E-state index contributed by atoms with van der Waals surface area (Å²) in [6.45, 7) is 2.98. The number of H-pyrrole nitrogens is 1. The molecular weight excluding hydrogens is 522 g/mol. The molecule has 0 spiro atoms. The number of aryl methyl sites for hydroxylation is 1. The van der Waals surface area contributed by atoms with Crippen LogP contribution in [0.15, 0.2) is 47.4 Å². The molecule has 1 atom stereocenters. The van der Waals surface area contributed by atoms with Crippen molar-refractivity contribution in [2.45, 2.75) is 13.0 Å². The van der Waals surface area contributed by atoms with Gasteiger partial charge in [0.05, 0.1) is 35.5 Å². The molecule has 1 aliphatic rings. The second-order valence-electron chi connectivity index (χ2n) is 8.14. The van der Waals surface area contributed by atoms with Crippen molar-refractivity contribution in [1.29, 1.82) is 0 Å². The Bertz CT molecular complexity index is 1330. The van der Waals surface area contributed by atoms with E-state index in [0.717, 1.165) is 11.1 Å². The summed E-state index contributed by atoms with van der Waals surface area (Å²) < 4.78 is 21.8. The number of halogens is 1. The van der Waals surface area contributed by atoms with E-state index in [4.69, 9.17) is 30.5 Å². The van der Waals surface area contributed by atoms with Crippen molar-refractivity contribution >= 4 is 40.6 Å². The van der Waals surface area contributed by atoms with Gasteiger partial charge in [0.2, 0.25) is 0 Å². The van der Waals surface area contributed by atoms with Crippen molar-refractivity contribution in [3.8, 4) is 16.9 Å². The van der Waals surface area contributed by atoms with E-state index in [2.05, 4.69) is 10.3 Å². The highest BCUT2D eigenvalue weighted by Crippen LogP contribution is 2.33. The second-order valence-corrected chi connectivity index (χ2v) is 9.86. The lowest BCUT2D eigenvalue weighted by molar-refractivity contribution is -0.00885. The fourth-order valence-electron chi connectivity index (χ4n) is 3.81. The van der Waals surface area contributed by atoms with Crippen LogP contribution in [0.4, 0.5) is 10.5 Å². The van der Waals surface area contributed by atoms with Gasteiger partial charge in [0.25, 0.3) is 11.5 Å². The number of benzene rings is 1. The van der Waals surface area contributed by atoms with E-state index in [0.29, 0.717) is 33.7 Å². The van der Waals surface area contributed by atoms with Gasteiger partial charge in [-0.2, -0.15) is 0 Å². The molecule has 10 nitrogen and oxygen atoms in total. The number of anilines is 1. The van der Waals surface area contributed by atoms with Crippen LogP contribution >= 0.6 is 22.9 Å². The highest BCUT2D eigenvalue weighted by atomic mass is 35.5. The van der Waals surface area contributed by atoms with Gasteiger partial charge in [-0.25, -0.2) is 4.79 Å². The van der Waals surface area contributed by atoms with Crippen LogP contribution in [0.5, 0.6) is 5.75 Å². The lowest BCUT2D eigenvalue weighted by atomic mass is 10.00. The molecule has 1 aromatic carbocycles. The maximum absolute atomic E-state index is 12.5. The first-order valence-electron chi connectivity index (χ1n) is 11.4. The molecule has 2 aromatic heterocycles. The molecule has 0 radical (unpaired) electrons. The van der Waals surface area contributed by atoms with Gasteiger partial charge in [-0.05, 0) is 48.4 Å². The molecule has 1 aliphatic heterocycles. The molecule has 3 aromatic rings. The number of methoxy groups -OCH3 is 1. The first-order chi connectivity index (χ1) is 17.9. The minimum absolute atomic E-state index is 0.0996. The van der Waals surface area contributed by atoms with Gasteiger partial charge < -0.3 is 29.2 Å². The largest absolute Gasteiger partial charge is 0.461 e. The zero-order valence-electron chi connectivity index (χ0n) is 20.2. The van der Waals surface area contributed by atoms with Crippen LogP contribution in [0.1, 0.15) is 15.2 Å². The zero-order chi connectivity index (χ0) is 26.4. The number of cyclic esters (lactones) is 1. The van der Waals surface area contributed by atoms with Crippen LogP contribution in [0, 0.1) is 6.92 Å². The fourth-order valence-corrected chi connectivity index (χ4v) is 4.77. The fraction of sp³-hybridized carbons (Fsp3) is 0.320. The molecular formula is C25H26ClN3O7S. The third-order valence-corrected chi connectivity index (χ3v) is 6.84. The van der Waals surface area contributed by atoms with Gasteiger partial charge in [0.15, 0.2) is 12.5 Å². The van der Waals surface area contributed by atoms with E-state index in [1.54, 1.807) is 37.6 Å². The number of hydrogen-bond donors (Lipinski definition) is 2. The van der Waals surface area contributed by atoms with Gasteiger partial charge in [-0.1, -0.05) is 17.7 Å². The standard InChI is InChI=1S/C25H26ClN3O7S/c1-15-11-16(29-13-17(36-25(29)32)12-28-23(30)20-5-6-21(26)37-20)3-4-18(15)19-7-8-27-24(31)22(19)35-14-34-10-9-33-2/h3-8,11,17H,9-10,12-14H2,1-2H3,(H,27,31)(H,28,30)/t17-/m0/s1. The van der Waals surface area contributed by atoms with E-state index in [-0.39, 0.29) is 37.1 Å². The van der Waals surface area contributed by atoms with Crippen LogP contribution in [-0.2, 0) is 14.2 Å². The third kappa shape index (κ3) is 6.50. The van der Waals surface area contributed by atoms with E-state index in [9.17, 15) is 14.4 Å². The third-order valence-electron chi connectivity index (χ3n) is 5.61. The SMILES string of the molecule is COCCOCOc1c(-c2ccc(N3C[C@H](CNC(=O)c4ccc(Cl)s4)OC3=O)cc2C)cc[nH]c1=O. The number of nitrogens with one attached hydrogen (secondary N) is 2. The molecule has 2 N–H and O–H groups in total. The van der Waals surface area contributed by atoms with E-state index in [1.165, 1.54) is 16.2 Å². The quantitative estimate of drug-likeness (QED) is 0.277. The lowest BCUT2D eigenvalue weighted by Gasteiger charge is -2.17. The van der Waals surface area contributed by atoms with Crippen LogP contribution in [-0.4, -0.2) is 63.3 Å². The molecule has 1 fully saturated rings. The number of rotatable bonds is 11. The molecule has 37 heavy (non-hydrogen) atoms. The smallest absolute Gasteiger partial charge is 0.414 e. The van der Waals surface area contributed by atoms with Crippen LogP contribution < -0.4 is 20.5 Å². The summed E-state index contributed by atoms with van der Waals surface area (Å²) in [4.78, 5) is 41.9. The van der Waals surface area contributed by atoms with Crippen molar-refractivity contribution in [2.24, 2.45) is 0 Å². The highest BCUT2D eigenvalue weighted by molar-refractivity contribution is 7.18. The summed E-state index contributed by atoms with van der Waals surface area (Å²) in [6.07, 6.45) is 0.543. The minimum Gasteiger partial charge on any atom is -0.461 e. The Balaban J connectivity index is 1.43. The Morgan fingerprint density at radius 2 is 2.05 bits per heavy atom. The molecule has 0 bridgehead atoms. The number of thiophene rings is 1. The Kier molecular flexibility index (Phi) is 8.82. The van der Waals surface area contributed by atoms with Gasteiger partial charge in [-0.15, -0.1) is 11.3 Å². The predicted molar refractivity (Wildman–Crippen MR) is 140 cm³/mol. The number of carbonyl (C=O) groups is 2. The summed E-state index contributed by atoms with van der Waals surface area (Å²) in [5.41, 5.74) is 2.45. The predicted octanol–water partition coefficient (Wildman–Crippen LogP) is 3.82. The van der Waals surface area contributed by atoms with Crippen molar-refractivity contribution < 1.29 is 28.5 Å². The van der Waals surface area contributed by atoms with Gasteiger partial charge in [-0.3, -0.25) is 14.5 Å². The van der Waals surface area contributed by atoms with Gasteiger partial charge >= 0.3 is 6.09 Å². The topological polar surface area (TPSA) is 119 Å².